The van der Waals surface area contributed by atoms with Gasteiger partial charge in [0.15, 0.2) is 5.75 Å². The lowest BCUT2D eigenvalue weighted by Gasteiger charge is -2.00. The van der Waals surface area contributed by atoms with Gasteiger partial charge in [-0.1, -0.05) is 18.5 Å². The summed E-state index contributed by atoms with van der Waals surface area (Å²) in [5.74, 6) is 0.804. The van der Waals surface area contributed by atoms with Crippen molar-refractivity contribution < 1.29 is 4.74 Å². The Bertz CT molecular complexity index is 452. The maximum absolute atomic E-state index is 5.83. The molecule has 16 heavy (non-hydrogen) atoms. The molecule has 0 aliphatic heterocycles. The number of halogens is 1. The van der Waals surface area contributed by atoms with Gasteiger partial charge in [0.2, 0.25) is 0 Å². The number of hydrogen-bond donors (Lipinski definition) is 0. The van der Waals surface area contributed by atoms with E-state index in [0.717, 1.165) is 27.9 Å². The van der Waals surface area contributed by atoms with Crippen molar-refractivity contribution in [3.05, 3.63) is 33.7 Å². The predicted molar refractivity (Wildman–Crippen MR) is 66.2 cm³/mol. The van der Waals surface area contributed by atoms with Crippen molar-refractivity contribution in [1.29, 1.82) is 0 Å². The quantitative estimate of drug-likeness (QED) is 0.818. The largest absolute Gasteiger partial charge is 0.485 e. The Hall–Kier alpha value is -1.00. The molecule has 2 heterocycles. The van der Waals surface area contributed by atoms with Gasteiger partial charge in [-0.05, 0) is 18.6 Å². The fourth-order valence-corrected chi connectivity index (χ4v) is 2.36. The van der Waals surface area contributed by atoms with E-state index in [4.69, 9.17) is 16.3 Å². The molecule has 0 unspecified atom stereocenters. The molecule has 0 saturated carbocycles. The van der Waals surface area contributed by atoms with Crippen molar-refractivity contribution in [3.63, 3.8) is 0 Å². The van der Waals surface area contributed by atoms with Crippen LogP contribution >= 0.6 is 22.9 Å². The van der Waals surface area contributed by atoms with Gasteiger partial charge in [0.25, 0.3) is 0 Å². The molecule has 0 radical (unpaired) electrons. The van der Waals surface area contributed by atoms with E-state index in [9.17, 15) is 0 Å². The maximum atomic E-state index is 5.83. The molecule has 0 fully saturated rings. The Labute approximate surface area is 104 Å². The Morgan fingerprint density at radius 1 is 1.50 bits per heavy atom. The van der Waals surface area contributed by atoms with Crippen molar-refractivity contribution >= 4 is 22.9 Å². The average molecular weight is 257 g/mol. The van der Waals surface area contributed by atoms with Crippen molar-refractivity contribution in [2.24, 2.45) is 0 Å². The molecular weight excluding hydrogens is 244 g/mol. The molecule has 2 rings (SSSR count). The van der Waals surface area contributed by atoms with Gasteiger partial charge in [-0.25, -0.2) is 0 Å². The Morgan fingerprint density at radius 2 is 2.38 bits per heavy atom. The number of aryl methyl sites for hydroxylation is 1. The van der Waals surface area contributed by atoms with Gasteiger partial charge in [-0.2, -0.15) is 5.10 Å². The molecule has 2 aromatic heterocycles. The van der Waals surface area contributed by atoms with E-state index >= 15 is 0 Å². The second-order valence-electron chi connectivity index (χ2n) is 3.43. The van der Waals surface area contributed by atoms with Crippen molar-refractivity contribution in [2.75, 3.05) is 0 Å². The first-order valence-corrected chi connectivity index (χ1v) is 6.37. The molecule has 86 valence electrons. The van der Waals surface area contributed by atoms with E-state index in [1.807, 2.05) is 23.0 Å². The van der Waals surface area contributed by atoms with Crippen LogP contribution in [0, 0.1) is 0 Å². The molecule has 0 N–H and O–H groups in total. The van der Waals surface area contributed by atoms with Crippen LogP contribution in [0.3, 0.4) is 0 Å². The van der Waals surface area contributed by atoms with Crippen LogP contribution < -0.4 is 4.74 Å². The number of rotatable bonds is 5. The monoisotopic (exact) mass is 256 g/mol. The molecule has 3 nitrogen and oxygen atoms in total. The minimum Gasteiger partial charge on any atom is -0.485 e. The highest BCUT2D eigenvalue weighted by molar-refractivity contribution is 7.16. The predicted octanol–water partition coefficient (Wildman–Crippen LogP) is 3.59. The maximum Gasteiger partial charge on any atom is 0.157 e. The normalized spacial score (nSPS) is 10.6. The van der Waals surface area contributed by atoms with Gasteiger partial charge in [0, 0.05) is 11.4 Å². The minimum absolute atomic E-state index is 0.551. The van der Waals surface area contributed by atoms with Crippen LogP contribution in [0.15, 0.2) is 24.5 Å². The summed E-state index contributed by atoms with van der Waals surface area (Å²) in [5, 5.41) is 4.19. The van der Waals surface area contributed by atoms with E-state index in [1.165, 1.54) is 11.3 Å². The molecule has 5 heteroatoms. The summed E-state index contributed by atoms with van der Waals surface area (Å²) < 4.78 is 8.28. The molecule has 0 aromatic carbocycles. The smallest absolute Gasteiger partial charge is 0.157 e. The summed E-state index contributed by atoms with van der Waals surface area (Å²) in [6.07, 6.45) is 4.73. The van der Waals surface area contributed by atoms with Gasteiger partial charge in [0.1, 0.15) is 6.61 Å². The molecule has 2 aromatic rings. The van der Waals surface area contributed by atoms with Gasteiger partial charge >= 0.3 is 0 Å². The summed E-state index contributed by atoms with van der Waals surface area (Å²) >= 11 is 7.37. The summed E-state index contributed by atoms with van der Waals surface area (Å²) in [6, 6.07) is 3.86. The lowest BCUT2D eigenvalue weighted by molar-refractivity contribution is 0.309. The number of ether oxygens (including phenoxy) is 1. The fraction of sp³-hybridized carbons (Fsp3) is 0.364. The number of aromatic nitrogens is 2. The second-order valence-corrected chi connectivity index (χ2v) is 5.23. The zero-order chi connectivity index (χ0) is 11.4. The van der Waals surface area contributed by atoms with Crippen LogP contribution in [-0.4, -0.2) is 9.78 Å². The summed E-state index contributed by atoms with van der Waals surface area (Å²) in [5.41, 5.74) is 0. The summed E-state index contributed by atoms with van der Waals surface area (Å²) in [4.78, 5) is 1.12. The van der Waals surface area contributed by atoms with Crippen molar-refractivity contribution in [3.8, 4) is 5.75 Å². The SMILES string of the molecule is CCCn1cc(OCc2ccc(Cl)s2)cn1. The first-order valence-electron chi connectivity index (χ1n) is 5.17. The summed E-state index contributed by atoms with van der Waals surface area (Å²) in [6.45, 7) is 3.60. The van der Waals surface area contributed by atoms with Crippen molar-refractivity contribution in [2.45, 2.75) is 26.5 Å². The van der Waals surface area contributed by atoms with E-state index in [0.29, 0.717) is 6.61 Å². The highest BCUT2D eigenvalue weighted by Gasteiger charge is 2.01. The van der Waals surface area contributed by atoms with Crippen LogP contribution in [0.4, 0.5) is 0 Å². The molecule has 0 bridgehead atoms. The lowest BCUT2D eigenvalue weighted by Crippen LogP contribution is -1.96. The summed E-state index contributed by atoms with van der Waals surface area (Å²) in [7, 11) is 0. The van der Waals surface area contributed by atoms with Gasteiger partial charge < -0.3 is 4.74 Å². The molecule has 0 amide bonds. The Morgan fingerprint density at radius 3 is 3.06 bits per heavy atom. The van der Waals surface area contributed by atoms with E-state index in [1.54, 1.807) is 6.20 Å². The lowest BCUT2D eigenvalue weighted by atomic mass is 10.5. The standard InChI is InChI=1S/C11H13ClN2OS/c1-2-5-14-7-9(6-13-14)15-8-10-3-4-11(12)16-10/h3-4,6-7H,2,5,8H2,1H3. The zero-order valence-electron chi connectivity index (χ0n) is 9.02. The molecule has 0 saturated heterocycles. The number of hydrogen-bond acceptors (Lipinski definition) is 3. The van der Waals surface area contributed by atoms with Crippen molar-refractivity contribution in [1.82, 2.24) is 9.78 Å². The van der Waals surface area contributed by atoms with Gasteiger partial charge in [0.05, 0.1) is 16.7 Å². The molecule has 0 spiro atoms. The highest BCUT2D eigenvalue weighted by Crippen LogP contribution is 2.22. The first kappa shape index (κ1) is 11.5. The van der Waals surface area contributed by atoms with Crippen LogP contribution in [0.25, 0.3) is 0 Å². The van der Waals surface area contributed by atoms with Gasteiger partial charge in [-0.15, -0.1) is 11.3 Å². The zero-order valence-corrected chi connectivity index (χ0v) is 10.6. The average Bonchev–Trinajstić information content (AvgIpc) is 2.85. The Kier molecular flexibility index (Phi) is 3.85. The molecule has 0 aliphatic carbocycles. The van der Waals surface area contributed by atoms with Crippen LogP contribution in [0.1, 0.15) is 18.2 Å². The topological polar surface area (TPSA) is 27.1 Å². The Balaban J connectivity index is 1.89. The van der Waals surface area contributed by atoms with Crippen LogP contribution in [0.2, 0.25) is 4.34 Å². The third kappa shape index (κ3) is 3.00. The molecule has 0 aliphatic rings. The van der Waals surface area contributed by atoms with Gasteiger partial charge in [-0.3, -0.25) is 4.68 Å². The third-order valence-corrected chi connectivity index (χ3v) is 3.28. The third-order valence-electron chi connectivity index (χ3n) is 2.07. The molecule has 0 atom stereocenters. The van der Waals surface area contributed by atoms with E-state index in [2.05, 4.69) is 12.0 Å². The second kappa shape index (κ2) is 5.37. The number of nitrogens with zero attached hydrogens (tertiary/aromatic N) is 2. The van der Waals surface area contributed by atoms with E-state index < -0.39 is 0 Å². The highest BCUT2D eigenvalue weighted by atomic mass is 35.5. The van der Waals surface area contributed by atoms with E-state index in [-0.39, 0.29) is 0 Å². The first-order chi connectivity index (χ1) is 7.78. The minimum atomic E-state index is 0.551. The van der Waals surface area contributed by atoms with Crippen LogP contribution in [0.5, 0.6) is 5.75 Å². The molecular formula is C11H13ClN2OS. The fourth-order valence-electron chi connectivity index (χ4n) is 1.35. The number of thiophene rings is 1. The van der Waals surface area contributed by atoms with Crippen LogP contribution in [-0.2, 0) is 13.2 Å².